The Labute approximate surface area is 301 Å². The Morgan fingerprint density at radius 1 is 0.569 bits per heavy atom. The predicted octanol–water partition coefficient (Wildman–Crippen LogP) is 12.2. The van der Waals surface area contributed by atoms with Crippen molar-refractivity contribution >= 4 is 22.7 Å². The Morgan fingerprint density at radius 2 is 1.18 bits per heavy atom. The van der Waals surface area contributed by atoms with Crippen LogP contribution in [0.1, 0.15) is 37.0 Å². The van der Waals surface area contributed by atoms with E-state index < -0.39 is 0 Å². The van der Waals surface area contributed by atoms with Gasteiger partial charge in [-0.2, -0.15) is 0 Å². The predicted molar refractivity (Wildman–Crippen MR) is 214 cm³/mol. The number of anilines is 4. The van der Waals surface area contributed by atoms with Gasteiger partial charge in [0.1, 0.15) is 0 Å². The van der Waals surface area contributed by atoms with E-state index in [0.29, 0.717) is 0 Å². The van der Waals surface area contributed by atoms with E-state index in [9.17, 15) is 0 Å². The first-order chi connectivity index (χ1) is 25.0. The molecule has 51 heavy (non-hydrogen) atoms. The van der Waals surface area contributed by atoms with Crippen LogP contribution >= 0.6 is 0 Å². The Balaban J connectivity index is 1.39. The first-order valence-corrected chi connectivity index (χ1v) is 18.1. The molecule has 3 nitrogen and oxygen atoms in total. The lowest BCUT2D eigenvalue weighted by atomic mass is 9.81. The van der Waals surface area contributed by atoms with Crippen molar-refractivity contribution < 1.29 is 0 Å². The van der Waals surface area contributed by atoms with Crippen LogP contribution in [-0.4, -0.2) is 18.6 Å². The van der Waals surface area contributed by atoms with Gasteiger partial charge >= 0.3 is 0 Å². The molecule has 0 bridgehead atoms. The number of benzene rings is 6. The van der Waals surface area contributed by atoms with Crippen molar-refractivity contribution in [1.29, 1.82) is 0 Å². The van der Waals surface area contributed by atoms with Crippen LogP contribution < -0.4 is 9.80 Å². The van der Waals surface area contributed by atoms with Gasteiger partial charge in [0.25, 0.3) is 0 Å². The molecule has 248 valence electrons. The highest BCUT2D eigenvalue weighted by Gasteiger charge is 2.39. The zero-order valence-corrected chi connectivity index (χ0v) is 29.5. The summed E-state index contributed by atoms with van der Waals surface area (Å²) in [5.41, 5.74) is 18.1. The summed E-state index contributed by atoms with van der Waals surface area (Å²) in [4.78, 5) is 10.2. The van der Waals surface area contributed by atoms with Gasteiger partial charge in [-0.1, -0.05) is 135 Å². The molecular weight excluding hydrogens is 619 g/mol. The average molecular weight is 660 g/mol. The molecule has 0 spiro atoms. The number of hydrogen-bond acceptors (Lipinski definition) is 3. The van der Waals surface area contributed by atoms with Crippen molar-refractivity contribution in [3.63, 3.8) is 0 Å². The lowest BCUT2D eigenvalue weighted by Gasteiger charge is -2.33. The van der Waals surface area contributed by atoms with Crippen LogP contribution in [0.5, 0.6) is 0 Å². The number of pyridine rings is 1. The largest absolute Gasteiger partial charge is 0.374 e. The van der Waals surface area contributed by atoms with E-state index >= 15 is 0 Å². The van der Waals surface area contributed by atoms with Gasteiger partial charge in [-0.15, -0.1) is 0 Å². The number of fused-ring (bicyclic) bond motifs is 4. The third-order valence-corrected chi connectivity index (χ3v) is 10.9. The fourth-order valence-corrected chi connectivity index (χ4v) is 8.45. The Hall–Kier alpha value is -5.93. The zero-order chi connectivity index (χ0) is 34.5. The van der Waals surface area contributed by atoms with Gasteiger partial charge in [0.2, 0.25) is 0 Å². The van der Waals surface area contributed by atoms with Crippen molar-refractivity contribution in [2.75, 3.05) is 23.4 Å². The third kappa shape index (κ3) is 5.23. The standard InChI is InChI=1S/C48H41N3/c1-48(2)40-26-14-13-23-39(40)46-41(48)28-29-45(47(46)38-24-15-27-44-37(38)25-16-30-50(44)3)51(35-21-11-6-12-22-35)36-31-42(33-17-7-4-8-18-33)49-43(32-36)34-19-9-5-10-20-34/h4-15,17-24,26-29,31-32H,16,25,30H2,1-3H3. The van der Waals surface area contributed by atoms with Crippen molar-refractivity contribution in [3.05, 3.63) is 174 Å². The van der Waals surface area contributed by atoms with Gasteiger partial charge in [-0.25, -0.2) is 4.98 Å². The second-order valence-electron chi connectivity index (χ2n) is 14.4. The van der Waals surface area contributed by atoms with E-state index in [-0.39, 0.29) is 5.41 Å². The maximum atomic E-state index is 5.26. The summed E-state index contributed by atoms with van der Waals surface area (Å²) in [6, 6.07) is 57.2. The number of para-hydroxylation sites is 1. The fourth-order valence-electron chi connectivity index (χ4n) is 8.45. The molecule has 2 aliphatic rings. The summed E-state index contributed by atoms with van der Waals surface area (Å²) in [7, 11) is 2.24. The topological polar surface area (TPSA) is 19.4 Å². The summed E-state index contributed by atoms with van der Waals surface area (Å²) in [5, 5.41) is 0. The molecule has 7 aromatic rings. The molecule has 0 unspecified atom stereocenters. The van der Waals surface area contributed by atoms with Crippen LogP contribution in [0.25, 0.3) is 44.8 Å². The smallest absolute Gasteiger partial charge is 0.0730 e. The highest BCUT2D eigenvalue weighted by atomic mass is 15.1. The van der Waals surface area contributed by atoms with Crippen LogP contribution in [0, 0.1) is 0 Å². The number of aromatic nitrogens is 1. The van der Waals surface area contributed by atoms with Gasteiger partial charge in [0.15, 0.2) is 0 Å². The molecular formula is C48H41N3. The van der Waals surface area contributed by atoms with Crippen LogP contribution in [0.15, 0.2) is 158 Å². The minimum atomic E-state index is -0.125. The van der Waals surface area contributed by atoms with E-state index in [0.717, 1.165) is 53.3 Å². The Morgan fingerprint density at radius 3 is 1.86 bits per heavy atom. The number of hydrogen-bond donors (Lipinski definition) is 0. The maximum Gasteiger partial charge on any atom is 0.0730 e. The molecule has 0 saturated heterocycles. The lowest BCUT2D eigenvalue weighted by Crippen LogP contribution is -2.25. The molecule has 0 radical (unpaired) electrons. The minimum absolute atomic E-state index is 0.125. The quantitative estimate of drug-likeness (QED) is 0.177. The molecule has 0 N–H and O–H groups in total. The molecule has 0 atom stereocenters. The van der Waals surface area contributed by atoms with E-state index in [1.165, 1.54) is 50.3 Å². The molecule has 1 aliphatic heterocycles. The summed E-state index contributed by atoms with van der Waals surface area (Å²) in [6.07, 6.45) is 2.20. The summed E-state index contributed by atoms with van der Waals surface area (Å²) in [6.45, 7) is 5.83. The van der Waals surface area contributed by atoms with Crippen molar-refractivity contribution in [2.45, 2.75) is 32.1 Å². The summed E-state index contributed by atoms with van der Waals surface area (Å²) >= 11 is 0. The second-order valence-corrected chi connectivity index (χ2v) is 14.4. The van der Waals surface area contributed by atoms with E-state index in [1.807, 2.05) is 0 Å². The summed E-state index contributed by atoms with van der Waals surface area (Å²) < 4.78 is 0. The van der Waals surface area contributed by atoms with Gasteiger partial charge < -0.3 is 9.80 Å². The summed E-state index contributed by atoms with van der Waals surface area (Å²) in [5.74, 6) is 0. The maximum absolute atomic E-state index is 5.26. The van der Waals surface area contributed by atoms with E-state index in [4.69, 9.17) is 4.98 Å². The molecule has 0 amide bonds. The first kappa shape index (κ1) is 31.1. The normalized spacial score (nSPS) is 14.1. The van der Waals surface area contributed by atoms with Gasteiger partial charge in [-0.3, -0.25) is 0 Å². The van der Waals surface area contributed by atoms with Gasteiger partial charge in [0.05, 0.1) is 22.8 Å². The highest BCUT2D eigenvalue weighted by molar-refractivity contribution is 6.03. The molecule has 3 heteroatoms. The molecule has 6 aromatic carbocycles. The lowest BCUT2D eigenvalue weighted by molar-refractivity contribution is 0.660. The monoisotopic (exact) mass is 659 g/mol. The zero-order valence-electron chi connectivity index (χ0n) is 29.5. The van der Waals surface area contributed by atoms with Crippen molar-refractivity contribution in [3.8, 4) is 44.8 Å². The van der Waals surface area contributed by atoms with Crippen molar-refractivity contribution in [1.82, 2.24) is 4.98 Å². The molecule has 0 saturated carbocycles. The molecule has 1 aliphatic carbocycles. The number of rotatable bonds is 6. The Bertz CT molecular complexity index is 2320. The molecule has 1 aromatic heterocycles. The first-order valence-electron chi connectivity index (χ1n) is 18.1. The van der Waals surface area contributed by atoms with E-state index in [1.54, 1.807) is 0 Å². The van der Waals surface area contributed by atoms with E-state index in [2.05, 4.69) is 188 Å². The van der Waals surface area contributed by atoms with Gasteiger partial charge in [-0.05, 0) is 82.6 Å². The fraction of sp³-hybridized carbons (Fsp3) is 0.146. The minimum Gasteiger partial charge on any atom is -0.374 e. The molecule has 0 fully saturated rings. The van der Waals surface area contributed by atoms with Gasteiger partial charge in [0, 0.05) is 47.1 Å². The Kier molecular flexibility index (Phi) is 7.58. The van der Waals surface area contributed by atoms with Crippen LogP contribution in [0.4, 0.5) is 22.7 Å². The molecule has 9 rings (SSSR count). The number of nitrogens with zero attached hydrogens (tertiary/aromatic N) is 3. The molecule has 2 heterocycles. The highest BCUT2D eigenvalue weighted by Crippen LogP contribution is 2.57. The average Bonchev–Trinajstić information content (AvgIpc) is 3.42. The third-order valence-electron chi connectivity index (χ3n) is 10.9. The van der Waals surface area contributed by atoms with Crippen LogP contribution in [0.3, 0.4) is 0 Å². The van der Waals surface area contributed by atoms with Crippen LogP contribution in [0.2, 0.25) is 0 Å². The second kappa shape index (κ2) is 12.4. The SMILES string of the molecule is CN1CCCc2c(-c3c(N(c4ccccc4)c4cc(-c5ccccc5)nc(-c5ccccc5)c4)ccc4c3-c3ccccc3C4(C)C)cccc21. The van der Waals surface area contributed by atoms with Crippen LogP contribution in [-0.2, 0) is 11.8 Å². The van der Waals surface area contributed by atoms with Crippen molar-refractivity contribution in [2.24, 2.45) is 0 Å².